The van der Waals surface area contributed by atoms with Gasteiger partial charge >= 0.3 is 5.97 Å². The van der Waals surface area contributed by atoms with Crippen LogP contribution in [0.3, 0.4) is 0 Å². The quantitative estimate of drug-likeness (QED) is 0.493. The molecule has 10 heteroatoms. The van der Waals surface area contributed by atoms with Crippen molar-refractivity contribution in [1.82, 2.24) is 4.90 Å². The topological polar surface area (TPSA) is 106 Å². The number of anilines is 1. The number of aliphatic carboxylic acids is 1. The molecule has 1 N–H and O–H groups in total. The smallest absolute Gasteiger partial charge is 0.306 e. The number of hydrogen-bond donors (Lipinski definition) is 1. The molecule has 0 saturated carbocycles. The predicted octanol–water partition coefficient (Wildman–Crippen LogP) is 5.07. The number of likely N-dealkylation sites (tertiary alicyclic amines) is 1. The molecule has 3 heterocycles. The maximum Gasteiger partial charge on any atom is 0.306 e. The zero-order valence-corrected chi connectivity index (χ0v) is 26.0. The predicted molar refractivity (Wildman–Crippen MR) is 162 cm³/mol. The van der Waals surface area contributed by atoms with E-state index in [9.17, 15) is 19.5 Å². The van der Waals surface area contributed by atoms with Gasteiger partial charge in [0.15, 0.2) is 11.5 Å². The molecule has 2 aromatic carbocycles. The number of ether oxygens (including phenoxy) is 3. The van der Waals surface area contributed by atoms with Gasteiger partial charge in [0.25, 0.3) is 0 Å². The summed E-state index contributed by atoms with van der Waals surface area (Å²) in [6.45, 7) is 9.41. The van der Waals surface area contributed by atoms with Crippen LogP contribution in [0.25, 0.3) is 0 Å². The molecule has 226 valence electrons. The Bertz CT molecular complexity index is 1380. The maximum absolute atomic E-state index is 14.6. The molecule has 1 fully saturated rings. The normalized spacial score (nSPS) is 22.6. The van der Waals surface area contributed by atoms with E-state index in [2.05, 4.69) is 26.8 Å². The summed E-state index contributed by atoms with van der Waals surface area (Å²) in [5, 5.41) is 8.37. The van der Waals surface area contributed by atoms with E-state index >= 15 is 0 Å². The van der Waals surface area contributed by atoms with E-state index < -0.39 is 17.1 Å². The second kappa shape index (κ2) is 11.7. The molecule has 0 aliphatic carbocycles. The number of para-hydroxylation sites is 1. The lowest BCUT2D eigenvalue weighted by Crippen LogP contribution is -2.55. The highest BCUT2D eigenvalue weighted by atomic mass is 32.2. The van der Waals surface area contributed by atoms with Crippen LogP contribution in [0.5, 0.6) is 17.2 Å². The van der Waals surface area contributed by atoms with Gasteiger partial charge in [-0.15, -0.1) is 11.8 Å². The lowest BCUT2D eigenvalue weighted by molar-refractivity contribution is -0.145. The number of hydrogen-bond acceptors (Lipinski definition) is 7. The van der Waals surface area contributed by atoms with Crippen LogP contribution in [-0.2, 0) is 14.4 Å². The molecule has 5 rings (SSSR count). The standard InChI is InChI=1S/C32H40N2O7S/c1-18-14-21-27-23(15-18)41-17-25(32(2,3)4)34(27)30(36)24(16-26(35)33-12-10-19(11-13-33)31(37)38)42-29(21)20-8-7-9-22(39-5)28(20)40-6/h7-9,14-15,19,24-25,29H,10-13,16-17H2,1-6H3,(H,37,38)/t24-,25+,29-/m1/s1. The van der Waals surface area contributed by atoms with Crippen molar-refractivity contribution in [1.29, 1.82) is 0 Å². The van der Waals surface area contributed by atoms with Crippen LogP contribution in [0.15, 0.2) is 30.3 Å². The molecule has 42 heavy (non-hydrogen) atoms. The van der Waals surface area contributed by atoms with Crippen LogP contribution < -0.4 is 19.1 Å². The Balaban J connectivity index is 1.61. The Kier molecular flexibility index (Phi) is 8.38. The Morgan fingerprint density at radius 3 is 2.43 bits per heavy atom. The van der Waals surface area contributed by atoms with E-state index in [-0.39, 0.29) is 34.9 Å². The van der Waals surface area contributed by atoms with E-state index in [0.717, 1.165) is 22.4 Å². The number of methoxy groups -OCH3 is 2. The number of carboxylic acids is 1. The molecule has 3 aliphatic rings. The van der Waals surface area contributed by atoms with Crippen LogP contribution in [0, 0.1) is 18.3 Å². The van der Waals surface area contributed by atoms with Crippen molar-refractivity contribution >= 4 is 35.2 Å². The van der Waals surface area contributed by atoms with Gasteiger partial charge in [0.05, 0.1) is 42.4 Å². The lowest BCUT2D eigenvalue weighted by Gasteiger charge is -2.44. The monoisotopic (exact) mass is 596 g/mol. The second-order valence-electron chi connectivity index (χ2n) is 12.4. The first-order valence-electron chi connectivity index (χ1n) is 14.4. The molecule has 0 radical (unpaired) electrons. The van der Waals surface area contributed by atoms with Crippen molar-refractivity contribution in [2.45, 2.75) is 63.5 Å². The Morgan fingerprint density at radius 1 is 1.10 bits per heavy atom. The number of amides is 2. The molecular formula is C32H40N2O7S. The Morgan fingerprint density at radius 2 is 1.81 bits per heavy atom. The molecule has 3 atom stereocenters. The third-order valence-corrected chi connectivity index (χ3v) is 10.0. The first-order valence-corrected chi connectivity index (χ1v) is 15.4. The zero-order valence-electron chi connectivity index (χ0n) is 25.1. The highest BCUT2D eigenvalue weighted by Gasteiger charge is 2.48. The SMILES string of the molecule is COc1cccc([C@H]2S[C@H](CC(=O)N3CCC(C(=O)O)CC3)C(=O)N3c4c(cc(C)cc42)OC[C@H]3C(C)(C)C)c1OC. The van der Waals surface area contributed by atoms with Gasteiger partial charge in [-0.2, -0.15) is 0 Å². The number of carbonyl (C=O) groups is 3. The van der Waals surface area contributed by atoms with Gasteiger partial charge in [0.1, 0.15) is 12.4 Å². The van der Waals surface area contributed by atoms with E-state index in [0.29, 0.717) is 49.8 Å². The largest absolute Gasteiger partial charge is 0.493 e. The fourth-order valence-electron chi connectivity index (χ4n) is 6.25. The van der Waals surface area contributed by atoms with E-state index in [4.69, 9.17) is 14.2 Å². The molecule has 3 aliphatic heterocycles. The van der Waals surface area contributed by atoms with Crippen molar-refractivity contribution in [2.75, 3.05) is 38.8 Å². The summed E-state index contributed by atoms with van der Waals surface area (Å²) in [7, 11) is 3.20. The maximum atomic E-state index is 14.6. The summed E-state index contributed by atoms with van der Waals surface area (Å²) in [5.74, 6) is 0.313. The summed E-state index contributed by atoms with van der Waals surface area (Å²) in [5.41, 5.74) is 3.24. The van der Waals surface area contributed by atoms with Gasteiger partial charge in [0, 0.05) is 25.1 Å². The molecule has 0 bridgehead atoms. The molecule has 2 amide bonds. The molecule has 0 spiro atoms. The van der Waals surface area contributed by atoms with Gasteiger partial charge in [-0.3, -0.25) is 14.4 Å². The van der Waals surface area contributed by atoms with Gasteiger partial charge in [-0.05, 0) is 48.4 Å². The highest BCUT2D eigenvalue weighted by Crippen LogP contribution is 2.55. The molecule has 2 aromatic rings. The van der Waals surface area contributed by atoms with Crippen LogP contribution in [0.1, 0.15) is 62.0 Å². The number of carbonyl (C=O) groups excluding carboxylic acids is 2. The van der Waals surface area contributed by atoms with Crippen molar-refractivity contribution in [3.63, 3.8) is 0 Å². The molecule has 0 aromatic heterocycles. The van der Waals surface area contributed by atoms with Gasteiger partial charge in [-0.1, -0.05) is 39.0 Å². The fourth-order valence-corrected chi connectivity index (χ4v) is 7.71. The number of thioether (sulfide) groups is 1. The third kappa shape index (κ3) is 5.53. The average molecular weight is 597 g/mol. The molecule has 9 nitrogen and oxygen atoms in total. The second-order valence-corrected chi connectivity index (χ2v) is 13.7. The molecule has 0 unspecified atom stereocenters. The van der Waals surface area contributed by atoms with E-state index in [1.54, 1.807) is 19.1 Å². The van der Waals surface area contributed by atoms with Gasteiger partial charge in [-0.25, -0.2) is 0 Å². The number of carboxylic acid groups (broad SMARTS) is 1. The van der Waals surface area contributed by atoms with Crippen LogP contribution in [-0.4, -0.2) is 73.0 Å². The average Bonchev–Trinajstić information content (AvgIpc) is 3.07. The van der Waals surface area contributed by atoms with Crippen molar-refractivity contribution in [3.05, 3.63) is 47.0 Å². The minimum atomic E-state index is -0.823. The van der Waals surface area contributed by atoms with Crippen molar-refractivity contribution < 1.29 is 33.7 Å². The Labute approximate surface area is 251 Å². The van der Waals surface area contributed by atoms with Crippen molar-refractivity contribution in [2.24, 2.45) is 11.3 Å². The summed E-state index contributed by atoms with van der Waals surface area (Å²) in [6.07, 6.45) is 0.848. The first-order chi connectivity index (χ1) is 19.9. The number of benzene rings is 2. The van der Waals surface area contributed by atoms with E-state index in [1.165, 1.54) is 11.8 Å². The number of nitrogens with zero attached hydrogens (tertiary/aromatic N) is 2. The van der Waals surface area contributed by atoms with Crippen LogP contribution in [0.4, 0.5) is 5.69 Å². The highest BCUT2D eigenvalue weighted by molar-refractivity contribution is 8.01. The van der Waals surface area contributed by atoms with E-state index in [1.807, 2.05) is 36.1 Å². The van der Waals surface area contributed by atoms with Crippen LogP contribution in [0.2, 0.25) is 0 Å². The van der Waals surface area contributed by atoms with Crippen molar-refractivity contribution in [3.8, 4) is 17.2 Å². The van der Waals surface area contributed by atoms with Crippen LogP contribution >= 0.6 is 11.8 Å². The zero-order chi connectivity index (χ0) is 30.3. The van der Waals surface area contributed by atoms with Gasteiger partial charge < -0.3 is 29.1 Å². The number of aryl methyl sites for hydroxylation is 1. The Hall–Kier alpha value is -3.40. The summed E-state index contributed by atoms with van der Waals surface area (Å²) >= 11 is 1.46. The molecular weight excluding hydrogens is 556 g/mol. The number of rotatable bonds is 6. The number of piperidine rings is 1. The van der Waals surface area contributed by atoms with Gasteiger partial charge in [0.2, 0.25) is 11.8 Å². The minimum Gasteiger partial charge on any atom is -0.493 e. The fraction of sp³-hybridized carbons (Fsp3) is 0.531. The molecule has 1 saturated heterocycles. The first kappa shape index (κ1) is 30.1. The summed E-state index contributed by atoms with van der Waals surface area (Å²) in [4.78, 5) is 43.4. The third-order valence-electron chi connectivity index (χ3n) is 8.57. The summed E-state index contributed by atoms with van der Waals surface area (Å²) in [6, 6.07) is 9.56. The minimum absolute atomic E-state index is 0.0144. The lowest BCUT2D eigenvalue weighted by atomic mass is 9.84. The summed E-state index contributed by atoms with van der Waals surface area (Å²) < 4.78 is 17.8.